The number of carbonyl (C=O) groups excluding carboxylic acids is 1. The third kappa shape index (κ3) is 2.78. The number of aromatic amines is 1. The van der Waals surface area contributed by atoms with Crippen molar-refractivity contribution in [3.05, 3.63) is 63.9 Å². The number of fused-ring (bicyclic) bond motifs is 1. The second kappa shape index (κ2) is 5.98. The summed E-state index contributed by atoms with van der Waals surface area (Å²) in [5.74, 6) is -0.340. The number of H-pyrrole nitrogens is 1. The van der Waals surface area contributed by atoms with Gasteiger partial charge in [-0.05, 0) is 17.5 Å². The molecule has 1 N–H and O–H groups in total. The topological polar surface area (TPSA) is 55.0 Å². The molecule has 0 saturated carbocycles. The molecule has 3 heterocycles. The summed E-state index contributed by atoms with van der Waals surface area (Å²) in [7, 11) is 0. The molecule has 0 atom stereocenters. The molecule has 0 unspecified atom stereocenters. The van der Waals surface area contributed by atoms with Crippen molar-refractivity contribution in [3.63, 3.8) is 0 Å². The van der Waals surface area contributed by atoms with E-state index in [-0.39, 0.29) is 12.6 Å². The van der Waals surface area contributed by atoms with Gasteiger partial charge in [-0.1, -0.05) is 18.2 Å². The summed E-state index contributed by atoms with van der Waals surface area (Å²) >= 11 is 3.20. The number of carbonyl (C=O) groups is 1. The van der Waals surface area contributed by atoms with Crippen LogP contribution in [0.4, 0.5) is 0 Å². The zero-order valence-electron chi connectivity index (χ0n) is 12.0. The lowest BCUT2D eigenvalue weighted by molar-refractivity contribution is 0.0471. The first-order chi connectivity index (χ1) is 11.3. The maximum Gasteiger partial charge on any atom is 0.340 e. The lowest BCUT2D eigenvalue weighted by Crippen LogP contribution is -2.04. The normalized spacial score (nSPS) is 11.0. The van der Waals surface area contributed by atoms with Crippen molar-refractivity contribution in [1.82, 2.24) is 9.97 Å². The minimum atomic E-state index is -0.340. The van der Waals surface area contributed by atoms with Crippen molar-refractivity contribution >= 4 is 39.5 Å². The van der Waals surface area contributed by atoms with E-state index in [1.807, 2.05) is 41.1 Å². The molecule has 4 nitrogen and oxygen atoms in total. The average Bonchev–Trinajstić information content (AvgIpc) is 3.31. The van der Waals surface area contributed by atoms with Gasteiger partial charge >= 0.3 is 5.97 Å². The Morgan fingerprint density at radius 2 is 2.13 bits per heavy atom. The first-order valence-electron chi connectivity index (χ1n) is 7.01. The largest absolute Gasteiger partial charge is 0.455 e. The number of ether oxygens (including phenoxy) is 1. The summed E-state index contributed by atoms with van der Waals surface area (Å²) in [6, 6.07) is 9.69. The minimum absolute atomic E-state index is 0.180. The number of para-hydroxylation sites is 1. The second-order valence-corrected chi connectivity index (χ2v) is 6.62. The van der Waals surface area contributed by atoms with Crippen LogP contribution in [0.25, 0.3) is 21.5 Å². The van der Waals surface area contributed by atoms with Crippen LogP contribution in [0.1, 0.15) is 16.1 Å². The molecule has 0 spiro atoms. The molecule has 4 aromatic rings. The third-order valence-corrected chi connectivity index (χ3v) is 5.10. The van der Waals surface area contributed by atoms with Gasteiger partial charge in [0.2, 0.25) is 0 Å². The standard InChI is InChI=1S/C17H12N2O2S2/c20-17(14-7-18-15-4-2-1-3-13(14)15)21-8-12-10-23-16(19-12)11-5-6-22-9-11/h1-7,9-10,18H,8H2. The third-order valence-electron chi connectivity index (χ3n) is 3.48. The quantitative estimate of drug-likeness (QED) is 0.547. The number of thiophene rings is 1. The van der Waals surface area contributed by atoms with Crippen LogP contribution in [0, 0.1) is 0 Å². The lowest BCUT2D eigenvalue weighted by Gasteiger charge is -2.01. The number of thiazole rings is 1. The highest BCUT2D eigenvalue weighted by Crippen LogP contribution is 2.26. The molecule has 3 aromatic heterocycles. The van der Waals surface area contributed by atoms with Crippen LogP contribution >= 0.6 is 22.7 Å². The molecular weight excluding hydrogens is 328 g/mol. The van der Waals surface area contributed by atoms with Crippen molar-refractivity contribution in [3.8, 4) is 10.6 Å². The maximum absolute atomic E-state index is 12.3. The van der Waals surface area contributed by atoms with E-state index in [4.69, 9.17) is 4.74 Å². The van der Waals surface area contributed by atoms with Crippen LogP contribution in [-0.4, -0.2) is 15.9 Å². The molecule has 114 valence electrons. The van der Waals surface area contributed by atoms with E-state index in [0.29, 0.717) is 5.56 Å². The molecule has 0 aliphatic heterocycles. The van der Waals surface area contributed by atoms with Crippen molar-refractivity contribution in [2.75, 3.05) is 0 Å². The van der Waals surface area contributed by atoms with Crippen molar-refractivity contribution in [1.29, 1.82) is 0 Å². The van der Waals surface area contributed by atoms with E-state index in [1.54, 1.807) is 28.9 Å². The van der Waals surface area contributed by atoms with Gasteiger partial charge in [0.25, 0.3) is 0 Å². The van der Waals surface area contributed by atoms with Crippen LogP contribution in [0.3, 0.4) is 0 Å². The second-order valence-electron chi connectivity index (χ2n) is 4.98. The van der Waals surface area contributed by atoms with Crippen molar-refractivity contribution < 1.29 is 9.53 Å². The number of hydrogen-bond acceptors (Lipinski definition) is 5. The highest BCUT2D eigenvalue weighted by molar-refractivity contribution is 7.14. The van der Waals surface area contributed by atoms with Gasteiger partial charge < -0.3 is 9.72 Å². The van der Waals surface area contributed by atoms with E-state index in [1.165, 1.54) is 0 Å². The minimum Gasteiger partial charge on any atom is -0.455 e. The molecule has 0 saturated heterocycles. The summed E-state index contributed by atoms with van der Waals surface area (Å²) in [6.07, 6.45) is 1.69. The maximum atomic E-state index is 12.3. The summed E-state index contributed by atoms with van der Waals surface area (Å²) in [6.45, 7) is 0.180. The summed E-state index contributed by atoms with van der Waals surface area (Å²) in [4.78, 5) is 19.8. The molecule has 0 aliphatic carbocycles. The predicted octanol–water partition coefficient (Wildman–Crippen LogP) is 4.71. The Bertz CT molecular complexity index is 954. The van der Waals surface area contributed by atoms with Gasteiger partial charge in [-0.25, -0.2) is 9.78 Å². The Kier molecular flexibility index (Phi) is 3.69. The SMILES string of the molecule is O=C(OCc1csc(-c2ccsc2)n1)c1c[nH]c2ccccc12. The van der Waals surface area contributed by atoms with E-state index in [0.717, 1.165) is 27.2 Å². The molecule has 0 aliphatic rings. The molecule has 23 heavy (non-hydrogen) atoms. The van der Waals surface area contributed by atoms with Gasteiger partial charge in [0.1, 0.15) is 11.6 Å². The molecule has 1 aromatic carbocycles. The summed E-state index contributed by atoms with van der Waals surface area (Å²) in [5.41, 5.74) is 3.35. The highest BCUT2D eigenvalue weighted by Gasteiger charge is 2.14. The number of hydrogen-bond donors (Lipinski definition) is 1. The van der Waals surface area contributed by atoms with Crippen molar-refractivity contribution in [2.24, 2.45) is 0 Å². The zero-order chi connectivity index (χ0) is 15.6. The van der Waals surface area contributed by atoms with Crippen molar-refractivity contribution in [2.45, 2.75) is 6.61 Å². The fourth-order valence-electron chi connectivity index (χ4n) is 2.35. The number of benzene rings is 1. The van der Waals surface area contributed by atoms with Gasteiger partial charge in [-0.3, -0.25) is 0 Å². The zero-order valence-corrected chi connectivity index (χ0v) is 13.6. The number of rotatable bonds is 4. The lowest BCUT2D eigenvalue weighted by atomic mass is 10.2. The molecule has 6 heteroatoms. The van der Waals surface area contributed by atoms with E-state index >= 15 is 0 Å². The average molecular weight is 340 g/mol. The Labute approximate surface area is 140 Å². The van der Waals surface area contributed by atoms with Crippen LogP contribution in [0.15, 0.2) is 52.7 Å². The van der Waals surface area contributed by atoms with E-state index < -0.39 is 0 Å². The summed E-state index contributed by atoms with van der Waals surface area (Å²) < 4.78 is 5.40. The van der Waals surface area contributed by atoms with Crippen LogP contribution in [-0.2, 0) is 11.3 Å². The van der Waals surface area contributed by atoms with Gasteiger partial charge in [0.05, 0.1) is 11.3 Å². The molecule has 0 amide bonds. The van der Waals surface area contributed by atoms with E-state index in [2.05, 4.69) is 15.3 Å². The van der Waals surface area contributed by atoms with Crippen LogP contribution < -0.4 is 0 Å². The smallest absolute Gasteiger partial charge is 0.340 e. The molecule has 4 rings (SSSR count). The number of aromatic nitrogens is 2. The van der Waals surface area contributed by atoms with Crippen LogP contribution in [0.2, 0.25) is 0 Å². The fraction of sp³-hybridized carbons (Fsp3) is 0.0588. The number of nitrogens with one attached hydrogen (secondary N) is 1. The van der Waals surface area contributed by atoms with Gasteiger partial charge in [-0.2, -0.15) is 11.3 Å². The molecular formula is C17H12N2O2S2. The summed E-state index contributed by atoms with van der Waals surface area (Å²) in [5, 5.41) is 7.82. The fourth-order valence-corrected chi connectivity index (χ4v) is 3.87. The Hall–Kier alpha value is -2.44. The Balaban J connectivity index is 1.48. The van der Waals surface area contributed by atoms with Gasteiger partial charge in [0, 0.05) is 33.4 Å². The Morgan fingerprint density at radius 3 is 3.00 bits per heavy atom. The monoisotopic (exact) mass is 340 g/mol. The number of esters is 1. The van der Waals surface area contributed by atoms with Gasteiger partial charge in [0.15, 0.2) is 0 Å². The Morgan fingerprint density at radius 1 is 1.22 bits per heavy atom. The van der Waals surface area contributed by atoms with Gasteiger partial charge in [-0.15, -0.1) is 11.3 Å². The molecule has 0 fully saturated rings. The van der Waals surface area contributed by atoms with E-state index in [9.17, 15) is 4.79 Å². The molecule has 0 radical (unpaired) electrons. The highest BCUT2D eigenvalue weighted by atomic mass is 32.1. The predicted molar refractivity (Wildman–Crippen MR) is 92.8 cm³/mol. The van der Waals surface area contributed by atoms with Crippen LogP contribution in [0.5, 0.6) is 0 Å². The molecule has 0 bridgehead atoms. The number of nitrogens with zero attached hydrogens (tertiary/aromatic N) is 1. The first-order valence-corrected chi connectivity index (χ1v) is 8.84. The first kappa shape index (κ1) is 14.2.